The quantitative estimate of drug-likeness (QED) is 0.659. The molecule has 3 nitrogen and oxygen atoms in total. The summed E-state index contributed by atoms with van der Waals surface area (Å²) in [6.45, 7) is 0.972. The molecule has 0 fully saturated rings. The van der Waals surface area contributed by atoms with Crippen LogP contribution in [0, 0.1) is 0 Å². The molecule has 0 aromatic heterocycles. The molecule has 0 bridgehead atoms. The maximum absolute atomic E-state index is 8.89. The maximum Gasteiger partial charge on any atom is 2.00 e. The summed E-state index contributed by atoms with van der Waals surface area (Å²) >= 11 is 0. The minimum Gasteiger partial charge on any atom is -0.699 e. The predicted molar refractivity (Wildman–Crippen MR) is 41.1 cm³/mol. The number of hydrogen-bond acceptors (Lipinski definition) is 2. The minimum absolute atomic E-state index is 0. The standard InChI is InChI=1S/C6H6N.C2H4O2.Cd/c7-6-4-2-1-3-5-6;1-2(3)4;/h1-5,7H;1H3,(H,3,4);/q-1;;+2/p-1. The van der Waals surface area contributed by atoms with E-state index in [1.54, 1.807) is 12.1 Å². The first kappa shape index (κ1) is 14.0. The van der Waals surface area contributed by atoms with Crippen molar-refractivity contribution in [3.05, 3.63) is 36.1 Å². The van der Waals surface area contributed by atoms with Crippen molar-refractivity contribution in [3.8, 4) is 0 Å². The Balaban J connectivity index is 0. The molecule has 12 heavy (non-hydrogen) atoms. The summed E-state index contributed by atoms with van der Waals surface area (Å²) < 4.78 is 0. The Morgan fingerprint density at radius 3 is 1.83 bits per heavy atom. The number of carbonyl (C=O) groups is 1. The molecule has 0 atom stereocenters. The smallest absolute Gasteiger partial charge is 0.699 e. The van der Waals surface area contributed by atoms with Gasteiger partial charge in [0, 0.05) is 5.97 Å². The number of hydrogen-bond donors (Lipinski definition) is 0. The van der Waals surface area contributed by atoms with E-state index < -0.39 is 5.97 Å². The first-order chi connectivity index (χ1) is 5.13. The normalized spacial score (nSPS) is 7.08. The number of carbonyl (C=O) groups excluding carboxylic acids is 1. The van der Waals surface area contributed by atoms with Crippen LogP contribution >= 0.6 is 0 Å². The summed E-state index contributed by atoms with van der Waals surface area (Å²) in [5, 5.41) is 8.89. The summed E-state index contributed by atoms with van der Waals surface area (Å²) in [7, 11) is 0. The predicted octanol–water partition coefficient (Wildman–Crippen LogP) is 1.12. The van der Waals surface area contributed by atoms with Crippen molar-refractivity contribution in [2.24, 2.45) is 0 Å². The topological polar surface area (TPSA) is 63.9 Å². The molecule has 1 N–H and O–H groups in total. The summed E-state index contributed by atoms with van der Waals surface area (Å²) in [5.74, 6) is -1.08. The molecule has 0 aliphatic carbocycles. The molecule has 0 radical (unpaired) electrons. The van der Waals surface area contributed by atoms with E-state index in [1.165, 1.54) is 0 Å². The van der Waals surface area contributed by atoms with Gasteiger partial charge in [-0.2, -0.15) is 0 Å². The molecule has 0 saturated heterocycles. The SMILES string of the molecule is CC(=O)[O-].[Cd+2].[NH-]c1ccccc1. The second-order valence-corrected chi connectivity index (χ2v) is 1.86. The second-order valence-electron chi connectivity index (χ2n) is 1.86. The van der Waals surface area contributed by atoms with Crippen molar-refractivity contribution < 1.29 is 37.2 Å². The van der Waals surface area contributed by atoms with Crippen LogP contribution in [0.3, 0.4) is 0 Å². The minimum atomic E-state index is -1.08. The third kappa shape index (κ3) is 12.1. The molecule has 0 amide bonds. The Hall–Kier alpha value is -0.588. The Labute approximate surface area is 91.7 Å². The van der Waals surface area contributed by atoms with Gasteiger partial charge < -0.3 is 15.6 Å². The van der Waals surface area contributed by atoms with Gasteiger partial charge in [0.05, 0.1) is 0 Å². The van der Waals surface area contributed by atoms with Crippen molar-refractivity contribution in [1.29, 1.82) is 0 Å². The van der Waals surface area contributed by atoms with Crippen molar-refractivity contribution in [3.63, 3.8) is 0 Å². The monoisotopic (exact) mass is 265 g/mol. The fourth-order valence-corrected chi connectivity index (χ4v) is 0.438. The van der Waals surface area contributed by atoms with E-state index >= 15 is 0 Å². The van der Waals surface area contributed by atoms with E-state index in [0.717, 1.165) is 6.92 Å². The van der Waals surface area contributed by atoms with Gasteiger partial charge in [-0.05, 0) is 6.92 Å². The zero-order valence-corrected chi connectivity index (χ0v) is 10.9. The molecule has 0 unspecified atom stereocenters. The number of benzene rings is 1. The molecule has 0 aliphatic rings. The van der Waals surface area contributed by atoms with Crippen molar-refractivity contribution in [2.75, 3.05) is 0 Å². The molecular weight excluding hydrogens is 255 g/mol. The molecule has 1 aromatic carbocycles. The summed E-state index contributed by atoms with van der Waals surface area (Å²) in [6, 6.07) is 9.10. The largest absolute Gasteiger partial charge is 2.00 e. The van der Waals surface area contributed by atoms with Crippen molar-refractivity contribution in [2.45, 2.75) is 6.92 Å². The average Bonchev–Trinajstić information content (AvgIpc) is 1.87. The first-order valence-electron chi connectivity index (χ1n) is 3.07. The van der Waals surface area contributed by atoms with Gasteiger partial charge in [-0.15, -0.1) is 5.69 Å². The van der Waals surface area contributed by atoms with Crippen molar-refractivity contribution >= 4 is 11.7 Å². The molecule has 0 spiro atoms. The molecule has 0 heterocycles. The number of aliphatic carboxylic acids is 1. The van der Waals surface area contributed by atoms with Gasteiger partial charge in [0.1, 0.15) is 0 Å². The van der Waals surface area contributed by atoms with Crippen LogP contribution in [0.4, 0.5) is 5.69 Å². The van der Waals surface area contributed by atoms with E-state index in [4.69, 9.17) is 15.6 Å². The van der Waals surface area contributed by atoms with Crippen molar-refractivity contribution in [1.82, 2.24) is 0 Å². The number of nitrogens with one attached hydrogen (secondary N) is 1. The molecule has 60 valence electrons. The number of carboxylic acid groups (broad SMARTS) is 1. The van der Waals surface area contributed by atoms with Gasteiger partial charge in [-0.3, -0.25) is 0 Å². The molecule has 0 saturated carbocycles. The van der Waals surface area contributed by atoms with E-state index in [-0.39, 0.29) is 27.3 Å². The number of rotatable bonds is 0. The van der Waals surface area contributed by atoms with Gasteiger partial charge in [0.2, 0.25) is 0 Å². The summed E-state index contributed by atoms with van der Waals surface area (Å²) in [4.78, 5) is 8.89. The van der Waals surface area contributed by atoms with E-state index in [2.05, 4.69) is 0 Å². The van der Waals surface area contributed by atoms with Crippen LogP contribution in [0.5, 0.6) is 0 Å². The first-order valence-corrected chi connectivity index (χ1v) is 3.07. The van der Waals surface area contributed by atoms with Crippen LogP contribution in [0.1, 0.15) is 6.92 Å². The van der Waals surface area contributed by atoms with Crippen LogP contribution in [0.2, 0.25) is 0 Å². The van der Waals surface area contributed by atoms with Crippen LogP contribution in [-0.4, -0.2) is 5.97 Å². The number of carboxylic acids is 1. The molecule has 0 aliphatic heterocycles. The van der Waals surface area contributed by atoms with Crippen LogP contribution in [-0.2, 0) is 32.1 Å². The Morgan fingerprint density at radius 1 is 1.33 bits per heavy atom. The fraction of sp³-hybridized carbons (Fsp3) is 0.125. The zero-order valence-electron chi connectivity index (χ0n) is 6.91. The third-order valence-electron chi connectivity index (χ3n) is 0.774. The van der Waals surface area contributed by atoms with Crippen LogP contribution < -0.4 is 5.11 Å². The second kappa shape index (κ2) is 8.51. The van der Waals surface area contributed by atoms with Gasteiger partial charge in [0.25, 0.3) is 0 Å². The molecule has 1 rings (SSSR count). The van der Waals surface area contributed by atoms with E-state index in [0.29, 0.717) is 5.69 Å². The molecular formula is C8H9CdNO2. The van der Waals surface area contributed by atoms with Crippen LogP contribution in [0.15, 0.2) is 30.3 Å². The van der Waals surface area contributed by atoms with Crippen LogP contribution in [0.25, 0.3) is 5.73 Å². The van der Waals surface area contributed by atoms with Gasteiger partial charge in [-0.25, -0.2) is 0 Å². The fourth-order valence-electron chi connectivity index (χ4n) is 0.438. The average molecular weight is 264 g/mol. The Kier molecular flexibility index (Phi) is 9.90. The van der Waals surface area contributed by atoms with Gasteiger partial charge >= 0.3 is 27.3 Å². The zero-order chi connectivity index (χ0) is 8.69. The maximum atomic E-state index is 8.89. The Morgan fingerprint density at radius 2 is 1.67 bits per heavy atom. The third-order valence-corrected chi connectivity index (χ3v) is 0.774. The van der Waals surface area contributed by atoms with Gasteiger partial charge in [0.15, 0.2) is 0 Å². The van der Waals surface area contributed by atoms with E-state index in [9.17, 15) is 0 Å². The molecule has 4 heteroatoms. The Bertz CT molecular complexity index is 210. The summed E-state index contributed by atoms with van der Waals surface area (Å²) in [6.07, 6.45) is 0. The summed E-state index contributed by atoms with van der Waals surface area (Å²) in [5.41, 5.74) is 7.57. The van der Waals surface area contributed by atoms with E-state index in [1.807, 2.05) is 18.2 Å². The van der Waals surface area contributed by atoms with Gasteiger partial charge in [-0.1, -0.05) is 30.3 Å². The molecule has 1 aromatic rings.